The molecule has 0 bridgehead atoms. The molecule has 0 atom stereocenters. The second-order valence-electron chi connectivity index (χ2n) is 4.51. The fraction of sp³-hybridized carbons (Fsp3) is 0.667. The lowest BCUT2D eigenvalue weighted by molar-refractivity contribution is 0.745. The highest BCUT2D eigenvalue weighted by Crippen LogP contribution is 1.92. The number of rotatable bonds is 3. The van der Waals surface area contributed by atoms with Crippen molar-refractivity contribution in [1.29, 1.82) is 0 Å². The quantitative estimate of drug-likeness (QED) is 0.307. The Morgan fingerprint density at radius 1 is 0.810 bits per heavy atom. The first-order chi connectivity index (χ1) is 9.95. The number of aliphatic imine (C=N–C) groups is 2. The Morgan fingerprint density at radius 2 is 1.29 bits per heavy atom. The SMILES string of the molecule is C(/C=N/NC1=NCCCCN1)=N\NC1=NCCCCN1.I. The van der Waals surface area contributed by atoms with Crippen molar-refractivity contribution in [2.45, 2.75) is 25.7 Å². The van der Waals surface area contributed by atoms with Crippen molar-refractivity contribution in [3.8, 4) is 0 Å². The molecule has 2 aliphatic heterocycles. The summed E-state index contributed by atoms with van der Waals surface area (Å²) in [6, 6.07) is 0. The summed E-state index contributed by atoms with van der Waals surface area (Å²) >= 11 is 0. The molecule has 2 aliphatic rings. The zero-order valence-corrected chi connectivity index (χ0v) is 14.3. The molecular formula is C12H23IN8. The molecule has 0 aromatic carbocycles. The van der Waals surface area contributed by atoms with Crippen molar-refractivity contribution in [1.82, 2.24) is 21.5 Å². The number of hydrogen-bond acceptors (Lipinski definition) is 8. The van der Waals surface area contributed by atoms with Gasteiger partial charge < -0.3 is 10.6 Å². The van der Waals surface area contributed by atoms with E-state index < -0.39 is 0 Å². The van der Waals surface area contributed by atoms with Gasteiger partial charge >= 0.3 is 0 Å². The van der Waals surface area contributed by atoms with Gasteiger partial charge in [-0.05, 0) is 25.7 Å². The number of guanidine groups is 2. The van der Waals surface area contributed by atoms with E-state index in [9.17, 15) is 0 Å². The maximum absolute atomic E-state index is 4.32. The Labute approximate surface area is 142 Å². The molecule has 0 radical (unpaired) electrons. The zero-order chi connectivity index (χ0) is 13.9. The third kappa shape index (κ3) is 7.83. The Hall–Kier alpha value is -1.39. The predicted octanol–water partition coefficient (Wildman–Crippen LogP) is 0.234. The Balaban J connectivity index is 0.00000220. The average molecular weight is 406 g/mol. The minimum atomic E-state index is 0. The van der Waals surface area contributed by atoms with Gasteiger partial charge in [0.1, 0.15) is 0 Å². The van der Waals surface area contributed by atoms with Crippen molar-refractivity contribution in [3.05, 3.63) is 0 Å². The van der Waals surface area contributed by atoms with Gasteiger partial charge in [-0.25, -0.2) is 10.9 Å². The molecule has 0 saturated carbocycles. The molecule has 0 aliphatic carbocycles. The van der Waals surface area contributed by atoms with Crippen LogP contribution in [0, 0.1) is 0 Å². The first-order valence-electron chi connectivity index (χ1n) is 7.08. The standard InChI is InChI=1S/C12H22N8.HI/c1-2-6-14-11(13-5-1)19-17-9-10-18-20-12-15-7-3-4-8-16-12;/h9-10H,1-8H2,(H2,13,14,19)(H2,15,16,20);1H/b17-9+,18-10+;. The number of halogens is 1. The third-order valence-corrected chi connectivity index (χ3v) is 2.85. The molecule has 21 heavy (non-hydrogen) atoms. The Kier molecular flexibility index (Phi) is 9.49. The molecule has 2 heterocycles. The summed E-state index contributed by atoms with van der Waals surface area (Å²) in [4.78, 5) is 8.63. The lowest BCUT2D eigenvalue weighted by atomic mass is 10.3. The van der Waals surface area contributed by atoms with E-state index in [-0.39, 0.29) is 24.0 Å². The van der Waals surface area contributed by atoms with Crippen LogP contribution < -0.4 is 21.5 Å². The van der Waals surface area contributed by atoms with Crippen molar-refractivity contribution in [2.75, 3.05) is 26.2 Å². The largest absolute Gasteiger partial charge is 0.355 e. The van der Waals surface area contributed by atoms with Gasteiger partial charge in [-0.3, -0.25) is 9.98 Å². The fourth-order valence-corrected chi connectivity index (χ4v) is 1.79. The van der Waals surface area contributed by atoms with E-state index in [1.54, 1.807) is 12.4 Å². The molecule has 0 saturated heterocycles. The summed E-state index contributed by atoms with van der Waals surface area (Å²) in [5.74, 6) is 1.44. The van der Waals surface area contributed by atoms with E-state index >= 15 is 0 Å². The zero-order valence-electron chi connectivity index (χ0n) is 12.0. The monoisotopic (exact) mass is 406 g/mol. The predicted molar refractivity (Wildman–Crippen MR) is 97.7 cm³/mol. The van der Waals surface area contributed by atoms with Crippen LogP contribution in [0.5, 0.6) is 0 Å². The van der Waals surface area contributed by atoms with Crippen LogP contribution in [0.1, 0.15) is 25.7 Å². The van der Waals surface area contributed by atoms with Crippen LogP contribution in [0.25, 0.3) is 0 Å². The van der Waals surface area contributed by atoms with E-state index in [0.717, 1.165) is 63.8 Å². The normalized spacial score (nSPS) is 19.4. The second kappa shape index (κ2) is 11.3. The molecule has 0 fully saturated rings. The lowest BCUT2D eigenvalue weighted by Crippen LogP contribution is -2.34. The third-order valence-electron chi connectivity index (χ3n) is 2.85. The van der Waals surface area contributed by atoms with E-state index in [1.165, 1.54) is 0 Å². The molecule has 9 heteroatoms. The topological polar surface area (TPSA) is 97.6 Å². The molecule has 0 unspecified atom stereocenters. The van der Waals surface area contributed by atoms with Gasteiger partial charge in [-0.1, -0.05) is 0 Å². The van der Waals surface area contributed by atoms with Crippen LogP contribution in [-0.2, 0) is 0 Å². The van der Waals surface area contributed by atoms with E-state index in [2.05, 4.69) is 41.7 Å². The van der Waals surface area contributed by atoms with Crippen LogP contribution in [0.4, 0.5) is 0 Å². The van der Waals surface area contributed by atoms with Gasteiger partial charge in [0.2, 0.25) is 11.9 Å². The Bertz CT molecular complexity index is 366. The summed E-state index contributed by atoms with van der Waals surface area (Å²) in [6.07, 6.45) is 7.64. The molecule has 2 rings (SSSR count). The molecule has 0 amide bonds. The summed E-state index contributed by atoms with van der Waals surface area (Å²) in [5.41, 5.74) is 5.71. The van der Waals surface area contributed by atoms with E-state index in [4.69, 9.17) is 0 Å². The molecule has 0 spiro atoms. The minimum absolute atomic E-state index is 0. The van der Waals surface area contributed by atoms with Crippen molar-refractivity contribution in [2.24, 2.45) is 20.2 Å². The number of nitrogens with one attached hydrogen (secondary N) is 4. The number of hydrogen-bond donors (Lipinski definition) is 4. The lowest BCUT2D eigenvalue weighted by Gasteiger charge is -2.04. The summed E-state index contributed by atoms with van der Waals surface area (Å²) in [5, 5.41) is 14.4. The fourth-order valence-electron chi connectivity index (χ4n) is 1.79. The molecule has 8 nitrogen and oxygen atoms in total. The molecular weight excluding hydrogens is 383 g/mol. The highest BCUT2D eigenvalue weighted by atomic mass is 127. The molecule has 0 aromatic heterocycles. The summed E-state index contributed by atoms with van der Waals surface area (Å²) in [7, 11) is 0. The molecule has 118 valence electrons. The summed E-state index contributed by atoms with van der Waals surface area (Å²) in [6.45, 7) is 3.54. The Morgan fingerprint density at radius 3 is 1.76 bits per heavy atom. The minimum Gasteiger partial charge on any atom is -0.355 e. The highest BCUT2D eigenvalue weighted by molar-refractivity contribution is 14.0. The van der Waals surface area contributed by atoms with Crippen LogP contribution in [0.3, 0.4) is 0 Å². The van der Waals surface area contributed by atoms with Crippen LogP contribution in [0.2, 0.25) is 0 Å². The smallest absolute Gasteiger partial charge is 0.212 e. The summed E-state index contributed by atoms with van der Waals surface area (Å²) < 4.78 is 0. The first-order valence-corrected chi connectivity index (χ1v) is 7.08. The molecule has 4 N–H and O–H groups in total. The number of hydrazone groups is 2. The van der Waals surface area contributed by atoms with Gasteiger partial charge in [0, 0.05) is 26.2 Å². The maximum atomic E-state index is 4.32. The van der Waals surface area contributed by atoms with Gasteiger partial charge in [-0.2, -0.15) is 10.2 Å². The second-order valence-corrected chi connectivity index (χ2v) is 4.51. The molecule has 0 aromatic rings. The average Bonchev–Trinajstić information content (AvgIpc) is 2.87. The van der Waals surface area contributed by atoms with E-state index in [1.807, 2.05) is 0 Å². The van der Waals surface area contributed by atoms with Crippen LogP contribution in [0.15, 0.2) is 20.2 Å². The van der Waals surface area contributed by atoms with Gasteiger partial charge in [0.25, 0.3) is 0 Å². The van der Waals surface area contributed by atoms with Gasteiger partial charge in [-0.15, -0.1) is 24.0 Å². The van der Waals surface area contributed by atoms with Crippen LogP contribution in [-0.4, -0.2) is 50.5 Å². The van der Waals surface area contributed by atoms with Gasteiger partial charge in [0.05, 0.1) is 12.4 Å². The van der Waals surface area contributed by atoms with E-state index in [0.29, 0.717) is 0 Å². The van der Waals surface area contributed by atoms with Gasteiger partial charge in [0.15, 0.2) is 0 Å². The van der Waals surface area contributed by atoms with Crippen molar-refractivity contribution in [3.63, 3.8) is 0 Å². The van der Waals surface area contributed by atoms with Crippen molar-refractivity contribution < 1.29 is 0 Å². The van der Waals surface area contributed by atoms with Crippen molar-refractivity contribution >= 4 is 48.3 Å². The number of nitrogens with zero attached hydrogens (tertiary/aromatic N) is 4. The maximum Gasteiger partial charge on any atom is 0.212 e. The first kappa shape index (κ1) is 17.7. The highest BCUT2D eigenvalue weighted by Gasteiger charge is 2.00. The van der Waals surface area contributed by atoms with Crippen LogP contribution >= 0.6 is 24.0 Å².